The van der Waals surface area contributed by atoms with Crippen LogP contribution >= 0.6 is 0 Å². The lowest BCUT2D eigenvalue weighted by molar-refractivity contribution is 0.112. The Morgan fingerprint density at radius 2 is 1.54 bits per heavy atom. The van der Waals surface area contributed by atoms with Crippen LogP contribution in [0.1, 0.15) is 20.8 Å². The van der Waals surface area contributed by atoms with Crippen LogP contribution in [-0.2, 0) is 0 Å². The van der Waals surface area contributed by atoms with Gasteiger partial charge in [-0.1, -0.05) is 20.8 Å². The van der Waals surface area contributed by atoms with Gasteiger partial charge in [0.05, 0.1) is 0 Å². The first-order valence-corrected chi connectivity index (χ1v) is 5.31. The third-order valence-electron chi connectivity index (χ3n) is 2.56. The van der Waals surface area contributed by atoms with E-state index in [0.29, 0.717) is 0 Å². The van der Waals surface area contributed by atoms with E-state index < -0.39 is 0 Å². The molecule has 0 aliphatic carbocycles. The van der Waals surface area contributed by atoms with Gasteiger partial charge in [-0.3, -0.25) is 0 Å². The molecule has 0 amide bonds. The highest BCUT2D eigenvalue weighted by molar-refractivity contribution is 4.79. The first-order chi connectivity index (χ1) is 6.01. The van der Waals surface area contributed by atoms with Crippen molar-refractivity contribution in [2.24, 2.45) is 5.41 Å². The highest BCUT2D eigenvalue weighted by Crippen LogP contribution is 2.15. The summed E-state index contributed by atoms with van der Waals surface area (Å²) < 4.78 is 0. The average molecular weight is 183 g/mol. The molecule has 0 saturated carbocycles. The van der Waals surface area contributed by atoms with Crippen LogP contribution < -0.4 is 0 Å². The number of rotatable bonds is 3. The first-order valence-electron chi connectivity index (χ1n) is 5.31. The molecule has 0 aromatic carbocycles. The van der Waals surface area contributed by atoms with Crippen LogP contribution in [0.4, 0.5) is 0 Å². The standard InChI is InChI=1S/C11H23N2/c1-5-12-6-8-13(9-7-12)10-11(2,3)4/h2,5-10H2,1,3-4H3. The van der Waals surface area contributed by atoms with Crippen LogP contribution in [0, 0.1) is 12.3 Å². The van der Waals surface area contributed by atoms with Gasteiger partial charge >= 0.3 is 0 Å². The van der Waals surface area contributed by atoms with E-state index in [2.05, 4.69) is 37.5 Å². The van der Waals surface area contributed by atoms with Crippen molar-refractivity contribution in [3.8, 4) is 0 Å². The van der Waals surface area contributed by atoms with Gasteiger partial charge in [0.2, 0.25) is 0 Å². The molecule has 1 fully saturated rings. The lowest BCUT2D eigenvalue weighted by Crippen LogP contribution is -2.48. The predicted molar refractivity (Wildman–Crippen MR) is 57.7 cm³/mol. The second kappa shape index (κ2) is 4.43. The molecular weight excluding hydrogens is 160 g/mol. The smallest absolute Gasteiger partial charge is 0.0110 e. The van der Waals surface area contributed by atoms with E-state index in [9.17, 15) is 0 Å². The lowest BCUT2D eigenvalue weighted by atomic mass is 9.96. The SMILES string of the molecule is [CH2]C(C)(C)CN1CCN(CC)CC1. The minimum Gasteiger partial charge on any atom is -0.301 e. The average Bonchev–Trinajstić information content (AvgIpc) is 2.03. The molecule has 0 atom stereocenters. The molecule has 2 heteroatoms. The highest BCUT2D eigenvalue weighted by atomic mass is 15.3. The third-order valence-corrected chi connectivity index (χ3v) is 2.56. The van der Waals surface area contributed by atoms with Gasteiger partial charge in [0.15, 0.2) is 0 Å². The quantitative estimate of drug-likeness (QED) is 0.654. The summed E-state index contributed by atoms with van der Waals surface area (Å²) in [7, 11) is 0. The molecule has 77 valence electrons. The van der Waals surface area contributed by atoms with Gasteiger partial charge in [0.25, 0.3) is 0 Å². The highest BCUT2D eigenvalue weighted by Gasteiger charge is 2.20. The minimum atomic E-state index is 0.203. The lowest BCUT2D eigenvalue weighted by Gasteiger charge is -2.37. The Kier molecular flexibility index (Phi) is 3.74. The van der Waals surface area contributed by atoms with Crippen LogP contribution in [0.15, 0.2) is 0 Å². The van der Waals surface area contributed by atoms with E-state index in [1.165, 1.54) is 32.7 Å². The Hall–Kier alpha value is -0.0800. The molecule has 0 N–H and O–H groups in total. The number of likely N-dealkylation sites (N-methyl/N-ethyl adjacent to an activating group) is 1. The van der Waals surface area contributed by atoms with Gasteiger partial charge in [-0.25, -0.2) is 0 Å². The van der Waals surface area contributed by atoms with E-state index in [1.807, 2.05) is 0 Å². The fraction of sp³-hybridized carbons (Fsp3) is 0.909. The van der Waals surface area contributed by atoms with E-state index in [-0.39, 0.29) is 5.41 Å². The monoisotopic (exact) mass is 183 g/mol. The topological polar surface area (TPSA) is 6.48 Å². The van der Waals surface area contributed by atoms with Gasteiger partial charge in [0, 0.05) is 32.7 Å². The van der Waals surface area contributed by atoms with Crippen molar-refractivity contribution < 1.29 is 0 Å². The molecule has 0 unspecified atom stereocenters. The van der Waals surface area contributed by atoms with Gasteiger partial charge in [-0.15, -0.1) is 0 Å². The van der Waals surface area contributed by atoms with Crippen molar-refractivity contribution in [2.45, 2.75) is 20.8 Å². The zero-order valence-electron chi connectivity index (χ0n) is 9.34. The largest absolute Gasteiger partial charge is 0.301 e. The molecule has 1 aliphatic heterocycles. The molecular formula is C11H23N2. The predicted octanol–water partition coefficient (Wildman–Crippen LogP) is 1.48. The molecule has 1 saturated heterocycles. The number of hydrogen-bond acceptors (Lipinski definition) is 2. The van der Waals surface area contributed by atoms with Gasteiger partial charge < -0.3 is 9.80 Å². The molecule has 13 heavy (non-hydrogen) atoms. The Balaban J connectivity index is 2.25. The maximum absolute atomic E-state index is 4.15. The van der Waals surface area contributed by atoms with Crippen molar-refractivity contribution in [3.63, 3.8) is 0 Å². The summed E-state index contributed by atoms with van der Waals surface area (Å²) in [5, 5.41) is 0. The number of nitrogens with zero attached hydrogens (tertiary/aromatic N) is 2. The van der Waals surface area contributed by atoms with Crippen LogP contribution in [-0.4, -0.2) is 49.1 Å². The molecule has 1 aliphatic rings. The maximum Gasteiger partial charge on any atom is 0.0110 e. The summed E-state index contributed by atoms with van der Waals surface area (Å²) >= 11 is 0. The maximum atomic E-state index is 4.15. The van der Waals surface area contributed by atoms with Crippen molar-refractivity contribution >= 4 is 0 Å². The van der Waals surface area contributed by atoms with E-state index in [1.54, 1.807) is 0 Å². The summed E-state index contributed by atoms with van der Waals surface area (Å²) in [5.41, 5.74) is 0.203. The molecule has 0 aromatic heterocycles. The number of hydrogen-bond donors (Lipinski definition) is 0. The van der Waals surface area contributed by atoms with E-state index >= 15 is 0 Å². The summed E-state index contributed by atoms with van der Waals surface area (Å²) in [6.07, 6.45) is 0. The van der Waals surface area contributed by atoms with Crippen molar-refractivity contribution in [1.82, 2.24) is 9.80 Å². The van der Waals surface area contributed by atoms with Crippen LogP contribution in [0.5, 0.6) is 0 Å². The second-order valence-electron chi connectivity index (χ2n) is 4.87. The fourth-order valence-electron chi connectivity index (χ4n) is 1.87. The molecule has 0 bridgehead atoms. The van der Waals surface area contributed by atoms with Gasteiger partial charge in [0.1, 0.15) is 0 Å². The molecule has 1 rings (SSSR count). The molecule has 1 radical (unpaired) electrons. The van der Waals surface area contributed by atoms with Gasteiger partial charge in [-0.2, -0.15) is 0 Å². The molecule has 1 heterocycles. The zero-order valence-corrected chi connectivity index (χ0v) is 9.34. The van der Waals surface area contributed by atoms with Crippen molar-refractivity contribution in [2.75, 3.05) is 39.3 Å². The third kappa shape index (κ3) is 4.10. The Morgan fingerprint density at radius 1 is 1.08 bits per heavy atom. The Morgan fingerprint density at radius 3 is 1.92 bits per heavy atom. The second-order valence-corrected chi connectivity index (χ2v) is 4.87. The van der Waals surface area contributed by atoms with E-state index in [0.717, 1.165) is 6.54 Å². The summed E-state index contributed by atoms with van der Waals surface area (Å²) in [6, 6.07) is 0. The molecule has 0 aromatic rings. The van der Waals surface area contributed by atoms with E-state index in [4.69, 9.17) is 0 Å². The molecule has 2 nitrogen and oxygen atoms in total. The summed E-state index contributed by atoms with van der Waals surface area (Å²) in [5.74, 6) is 0. The van der Waals surface area contributed by atoms with Crippen LogP contribution in [0.3, 0.4) is 0 Å². The normalized spacial score (nSPS) is 22.2. The van der Waals surface area contributed by atoms with Gasteiger partial charge in [-0.05, 0) is 18.9 Å². The first kappa shape index (κ1) is 11.0. The van der Waals surface area contributed by atoms with Crippen LogP contribution in [0.2, 0.25) is 0 Å². The molecule has 0 spiro atoms. The van der Waals surface area contributed by atoms with Crippen LogP contribution in [0.25, 0.3) is 0 Å². The summed E-state index contributed by atoms with van der Waals surface area (Å²) in [4.78, 5) is 5.03. The Bertz CT molecular complexity index is 141. The van der Waals surface area contributed by atoms with Crippen molar-refractivity contribution in [3.05, 3.63) is 6.92 Å². The number of piperazine rings is 1. The fourth-order valence-corrected chi connectivity index (χ4v) is 1.87. The zero-order chi connectivity index (χ0) is 9.90. The Labute approximate surface area is 82.9 Å². The van der Waals surface area contributed by atoms with Crippen molar-refractivity contribution in [1.29, 1.82) is 0 Å². The summed E-state index contributed by atoms with van der Waals surface area (Å²) in [6.45, 7) is 18.0. The minimum absolute atomic E-state index is 0.203.